The molecule has 0 spiro atoms. The molecule has 0 bridgehead atoms. The molecule has 0 atom stereocenters. The van der Waals surface area contributed by atoms with Crippen molar-refractivity contribution >= 4 is 0 Å². The maximum Gasteiger partial charge on any atom is 0.422 e. The molecule has 0 aliphatic rings. The predicted octanol–water partition coefficient (Wildman–Crippen LogP) is 2.64. The van der Waals surface area contributed by atoms with Gasteiger partial charge in [0.25, 0.3) is 0 Å². The number of rotatable bonds is 2. The van der Waals surface area contributed by atoms with Crippen LogP contribution >= 0.6 is 0 Å². The summed E-state index contributed by atoms with van der Waals surface area (Å²) >= 11 is 0. The van der Waals surface area contributed by atoms with Crippen LogP contribution in [0.4, 0.5) is 13.2 Å². The summed E-state index contributed by atoms with van der Waals surface area (Å²) in [4.78, 5) is 0. The van der Waals surface area contributed by atoms with Crippen molar-refractivity contribution in [1.82, 2.24) is 0 Å². The van der Waals surface area contributed by atoms with Crippen LogP contribution in [0.3, 0.4) is 0 Å². The lowest BCUT2D eigenvalue weighted by atomic mass is 10.2. The summed E-state index contributed by atoms with van der Waals surface area (Å²) < 4.78 is 39.9. The molecule has 78 valence electrons. The number of hydrogen-bond acceptors (Lipinski definition) is 2. The second kappa shape index (κ2) is 3.77. The van der Waals surface area contributed by atoms with E-state index in [1.54, 1.807) is 6.92 Å². The van der Waals surface area contributed by atoms with Crippen LogP contribution in [-0.2, 0) is 0 Å². The molecule has 1 N–H and O–H groups in total. The van der Waals surface area contributed by atoms with E-state index in [4.69, 9.17) is 5.11 Å². The molecule has 5 heteroatoms. The number of aromatic hydroxyl groups is 1. The van der Waals surface area contributed by atoms with Crippen LogP contribution < -0.4 is 4.74 Å². The number of alkyl halides is 3. The van der Waals surface area contributed by atoms with Crippen molar-refractivity contribution in [3.05, 3.63) is 23.8 Å². The molecule has 0 unspecified atom stereocenters. The van der Waals surface area contributed by atoms with Crippen LogP contribution in [0.1, 0.15) is 5.56 Å². The van der Waals surface area contributed by atoms with Gasteiger partial charge in [0, 0.05) is 0 Å². The largest absolute Gasteiger partial charge is 0.508 e. The van der Waals surface area contributed by atoms with Gasteiger partial charge in [-0.25, -0.2) is 0 Å². The molecule has 2 nitrogen and oxygen atoms in total. The van der Waals surface area contributed by atoms with E-state index >= 15 is 0 Å². The highest BCUT2D eigenvalue weighted by Crippen LogP contribution is 2.24. The van der Waals surface area contributed by atoms with Crippen LogP contribution in [0.25, 0.3) is 0 Å². The van der Waals surface area contributed by atoms with Crippen molar-refractivity contribution in [3.8, 4) is 11.5 Å². The highest BCUT2D eigenvalue weighted by atomic mass is 19.4. The van der Waals surface area contributed by atoms with Crippen LogP contribution in [0.5, 0.6) is 11.5 Å². The molecule has 0 fully saturated rings. The van der Waals surface area contributed by atoms with Gasteiger partial charge in [0.1, 0.15) is 11.5 Å². The summed E-state index contributed by atoms with van der Waals surface area (Å²) in [6.45, 7) is 0.240. The smallest absolute Gasteiger partial charge is 0.422 e. The van der Waals surface area contributed by atoms with Crippen molar-refractivity contribution in [1.29, 1.82) is 0 Å². The summed E-state index contributed by atoms with van der Waals surface area (Å²) in [6.07, 6.45) is -4.34. The van der Waals surface area contributed by atoms with Crippen molar-refractivity contribution in [2.75, 3.05) is 6.61 Å². The Hall–Kier alpha value is -1.39. The molecule has 0 radical (unpaired) electrons. The van der Waals surface area contributed by atoms with Gasteiger partial charge in [-0.3, -0.25) is 0 Å². The first-order valence-electron chi connectivity index (χ1n) is 3.87. The van der Waals surface area contributed by atoms with Gasteiger partial charge in [0.05, 0.1) is 0 Å². The van der Waals surface area contributed by atoms with Crippen molar-refractivity contribution < 1.29 is 23.0 Å². The predicted molar refractivity (Wildman–Crippen MR) is 44.4 cm³/mol. The van der Waals surface area contributed by atoms with Crippen LogP contribution in [0, 0.1) is 6.92 Å². The van der Waals surface area contributed by atoms with E-state index in [0.29, 0.717) is 5.56 Å². The Morgan fingerprint density at radius 3 is 2.50 bits per heavy atom. The SMILES string of the molecule is Cc1cc(O)ccc1OCC(F)(F)F. The average molecular weight is 206 g/mol. The lowest BCUT2D eigenvalue weighted by Crippen LogP contribution is -2.19. The Morgan fingerprint density at radius 1 is 1.36 bits per heavy atom. The Labute approximate surface area is 78.9 Å². The zero-order valence-corrected chi connectivity index (χ0v) is 7.43. The molecule has 0 aliphatic carbocycles. The second-order valence-electron chi connectivity index (χ2n) is 2.85. The Kier molecular flexibility index (Phi) is 2.88. The third-order valence-corrected chi connectivity index (χ3v) is 1.55. The fraction of sp³-hybridized carbons (Fsp3) is 0.333. The topological polar surface area (TPSA) is 29.5 Å². The van der Waals surface area contributed by atoms with E-state index in [0.717, 1.165) is 0 Å². The van der Waals surface area contributed by atoms with E-state index in [9.17, 15) is 13.2 Å². The molecule has 0 amide bonds. The summed E-state index contributed by atoms with van der Waals surface area (Å²) in [7, 11) is 0. The van der Waals surface area contributed by atoms with Crippen LogP contribution in [0.2, 0.25) is 0 Å². The Bertz CT molecular complexity index is 320. The average Bonchev–Trinajstić information content (AvgIpc) is 2.00. The second-order valence-corrected chi connectivity index (χ2v) is 2.85. The Morgan fingerprint density at radius 2 is 2.00 bits per heavy atom. The van der Waals surface area contributed by atoms with Crippen LogP contribution in [-0.4, -0.2) is 17.9 Å². The summed E-state index contributed by atoms with van der Waals surface area (Å²) in [6, 6.07) is 3.92. The molecule has 1 aromatic rings. The molecule has 0 saturated heterocycles. The first kappa shape index (κ1) is 10.7. The van der Waals surface area contributed by atoms with E-state index in [-0.39, 0.29) is 11.5 Å². The van der Waals surface area contributed by atoms with Gasteiger partial charge in [0.15, 0.2) is 6.61 Å². The number of benzene rings is 1. The fourth-order valence-electron chi connectivity index (χ4n) is 0.955. The molecular formula is C9H9F3O2. The lowest BCUT2D eigenvalue weighted by Gasteiger charge is -2.11. The van der Waals surface area contributed by atoms with Gasteiger partial charge in [-0.15, -0.1) is 0 Å². The number of halogens is 3. The molecule has 0 aromatic heterocycles. The third-order valence-electron chi connectivity index (χ3n) is 1.55. The first-order valence-corrected chi connectivity index (χ1v) is 3.87. The molecule has 0 aliphatic heterocycles. The summed E-state index contributed by atoms with van der Waals surface area (Å²) in [5, 5.41) is 8.99. The number of aryl methyl sites for hydroxylation is 1. The van der Waals surface area contributed by atoms with Gasteiger partial charge in [-0.1, -0.05) is 0 Å². The fourth-order valence-corrected chi connectivity index (χ4v) is 0.955. The van der Waals surface area contributed by atoms with E-state index < -0.39 is 12.8 Å². The highest BCUT2D eigenvalue weighted by Gasteiger charge is 2.28. The minimum Gasteiger partial charge on any atom is -0.508 e. The first-order chi connectivity index (χ1) is 6.38. The number of ether oxygens (including phenoxy) is 1. The van der Waals surface area contributed by atoms with Gasteiger partial charge in [-0.2, -0.15) is 13.2 Å². The minimum absolute atomic E-state index is 0.00172. The molecule has 1 rings (SSSR count). The van der Waals surface area contributed by atoms with Crippen LogP contribution in [0.15, 0.2) is 18.2 Å². The quantitative estimate of drug-likeness (QED) is 0.805. The Balaban J connectivity index is 2.68. The molecule has 1 aromatic carbocycles. The monoisotopic (exact) mass is 206 g/mol. The van der Waals surface area contributed by atoms with Crippen molar-refractivity contribution in [2.45, 2.75) is 13.1 Å². The van der Waals surface area contributed by atoms with E-state index in [2.05, 4.69) is 4.74 Å². The van der Waals surface area contributed by atoms with Crippen molar-refractivity contribution in [3.63, 3.8) is 0 Å². The summed E-state index contributed by atoms with van der Waals surface area (Å²) in [5.41, 5.74) is 0.467. The van der Waals surface area contributed by atoms with Crippen molar-refractivity contribution in [2.24, 2.45) is 0 Å². The molecule has 0 saturated carbocycles. The van der Waals surface area contributed by atoms with E-state index in [1.165, 1.54) is 18.2 Å². The molecule has 14 heavy (non-hydrogen) atoms. The van der Waals surface area contributed by atoms with Gasteiger partial charge in [0.2, 0.25) is 0 Å². The maximum absolute atomic E-state index is 11.8. The summed E-state index contributed by atoms with van der Waals surface area (Å²) in [5.74, 6) is 0.127. The number of phenolic OH excluding ortho intramolecular Hbond substituents is 1. The molecular weight excluding hydrogens is 197 g/mol. The lowest BCUT2D eigenvalue weighted by molar-refractivity contribution is -0.153. The zero-order valence-electron chi connectivity index (χ0n) is 7.43. The normalized spacial score (nSPS) is 11.4. The van der Waals surface area contributed by atoms with Gasteiger partial charge in [-0.05, 0) is 30.7 Å². The molecule has 0 heterocycles. The standard InChI is InChI=1S/C9H9F3O2/c1-6-4-7(13)2-3-8(6)14-5-9(10,11)12/h2-4,13H,5H2,1H3. The van der Waals surface area contributed by atoms with Gasteiger partial charge < -0.3 is 9.84 Å². The maximum atomic E-state index is 11.8. The highest BCUT2D eigenvalue weighted by molar-refractivity contribution is 5.38. The van der Waals surface area contributed by atoms with E-state index in [1.807, 2.05) is 0 Å². The number of phenols is 1. The zero-order chi connectivity index (χ0) is 10.8. The minimum atomic E-state index is -4.34. The number of hydrogen-bond donors (Lipinski definition) is 1. The van der Waals surface area contributed by atoms with Gasteiger partial charge >= 0.3 is 6.18 Å². The third kappa shape index (κ3) is 3.16.